The van der Waals surface area contributed by atoms with Crippen LogP contribution < -0.4 is 5.32 Å². The van der Waals surface area contributed by atoms with E-state index in [0.717, 1.165) is 0 Å². The molecule has 0 saturated carbocycles. The molecule has 0 aromatic heterocycles. The van der Waals surface area contributed by atoms with E-state index in [4.69, 9.17) is 0 Å². The Morgan fingerprint density at radius 1 is 1.00 bits per heavy atom. The van der Waals surface area contributed by atoms with Crippen molar-refractivity contribution in [2.45, 2.75) is 12.8 Å². The standard InChI is InChI=1S/C6H9N/c1-2-4-6-7-5-3-1/h3-7H,1-2H2. The number of hydrogen-bond acceptors (Lipinski definition) is 1. The van der Waals surface area contributed by atoms with Crippen molar-refractivity contribution in [3.63, 3.8) is 0 Å². The smallest absolute Gasteiger partial charge is 0.00357 e. The van der Waals surface area contributed by atoms with E-state index >= 15 is 0 Å². The van der Waals surface area contributed by atoms with Crippen molar-refractivity contribution in [3.05, 3.63) is 24.6 Å². The Bertz CT molecular complexity index is 80.4. The third-order valence-corrected chi connectivity index (χ3v) is 0.928. The summed E-state index contributed by atoms with van der Waals surface area (Å²) >= 11 is 0. The lowest BCUT2D eigenvalue weighted by Crippen LogP contribution is -1.87. The Morgan fingerprint density at radius 3 is 2.14 bits per heavy atom. The van der Waals surface area contributed by atoms with Crippen LogP contribution in [-0.2, 0) is 0 Å². The van der Waals surface area contributed by atoms with Gasteiger partial charge in [-0.3, -0.25) is 0 Å². The topological polar surface area (TPSA) is 12.0 Å². The molecule has 0 aromatic rings. The van der Waals surface area contributed by atoms with Crippen LogP contribution >= 0.6 is 0 Å². The molecule has 1 nitrogen and oxygen atoms in total. The van der Waals surface area contributed by atoms with Gasteiger partial charge in [0.05, 0.1) is 0 Å². The number of hydrogen-bond donors (Lipinski definition) is 1. The highest BCUT2D eigenvalue weighted by Gasteiger charge is 1.78. The molecule has 0 fully saturated rings. The molecule has 0 atom stereocenters. The summed E-state index contributed by atoms with van der Waals surface area (Å²) in [5.41, 5.74) is 0. The fourth-order valence-corrected chi connectivity index (χ4v) is 0.551. The Morgan fingerprint density at radius 2 is 1.57 bits per heavy atom. The lowest BCUT2D eigenvalue weighted by molar-refractivity contribution is 1.06. The van der Waals surface area contributed by atoms with Crippen LogP contribution in [0.5, 0.6) is 0 Å². The van der Waals surface area contributed by atoms with Gasteiger partial charge in [0, 0.05) is 0 Å². The highest BCUT2D eigenvalue weighted by atomic mass is 14.8. The maximum Gasteiger partial charge on any atom is -0.00357 e. The lowest BCUT2D eigenvalue weighted by Gasteiger charge is -1.78. The number of allylic oxidation sites excluding steroid dienone is 2. The Kier molecular flexibility index (Phi) is 1.56. The summed E-state index contributed by atoms with van der Waals surface area (Å²) in [5.74, 6) is 0. The van der Waals surface area contributed by atoms with Crippen LogP contribution in [0.1, 0.15) is 12.8 Å². The number of rotatable bonds is 0. The fraction of sp³-hybridized carbons (Fsp3) is 0.333. The predicted octanol–water partition coefficient (Wildman–Crippen LogP) is 1.40. The van der Waals surface area contributed by atoms with Crippen molar-refractivity contribution < 1.29 is 0 Å². The van der Waals surface area contributed by atoms with Gasteiger partial charge in [0.15, 0.2) is 0 Å². The second-order valence-corrected chi connectivity index (χ2v) is 1.55. The zero-order valence-electron chi connectivity index (χ0n) is 4.22. The molecule has 0 spiro atoms. The molecular weight excluding hydrogens is 86.1 g/mol. The minimum atomic E-state index is 1.17. The van der Waals surface area contributed by atoms with Crippen LogP contribution in [0.15, 0.2) is 24.6 Å². The van der Waals surface area contributed by atoms with Gasteiger partial charge in [-0.2, -0.15) is 0 Å². The second kappa shape index (κ2) is 2.45. The van der Waals surface area contributed by atoms with E-state index in [1.165, 1.54) is 12.8 Å². The number of nitrogens with one attached hydrogen (secondary N) is 1. The van der Waals surface area contributed by atoms with Crippen LogP contribution in [0.4, 0.5) is 0 Å². The summed E-state index contributed by atoms with van der Waals surface area (Å²) in [6.45, 7) is 0. The van der Waals surface area contributed by atoms with Crippen LogP contribution in [0.3, 0.4) is 0 Å². The van der Waals surface area contributed by atoms with Gasteiger partial charge in [0.25, 0.3) is 0 Å². The highest BCUT2D eigenvalue weighted by molar-refractivity contribution is 4.94. The first-order valence-electron chi connectivity index (χ1n) is 2.56. The average Bonchev–Trinajstić information content (AvgIpc) is 1.90. The molecule has 1 heteroatoms. The SMILES string of the molecule is C1=CNC=CCC1. The Hall–Kier alpha value is -0.720. The molecule has 0 saturated heterocycles. The molecule has 1 heterocycles. The Labute approximate surface area is 43.7 Å². The maximum atomic E-state index is 2.99. The van der Waals surface area contributed by atoms with Gasteiger partial charge in [-0.1, -0.05) is 12.2 Å². The molecule has 1 aliphatic heterocycles. The molecule has 1 N–H and O–H groups in total. The van der Waals surface area contributed by atoms with E-state index in [-0.39, 0.29) is 0 Å². The highest BCUT2D eigenvalue weighted by Crippen LogP contribution is 1.93. The van der Waals surface area contributed by atoms with E-state index in [9.17, 15) is 0 Å². The largest absolute Gasteiger partial charge is 0.368 e. The van der Waals surface area contributed by atoms with Gasteiger partial charge in [-0.05, 0) is 25.2 Å². The third kappa shape index (κ3) is 1.44. The third-order valence-electron chi connectivity index (χ3n) is 0.928. The molecular formula is C6H9N. The van der Waals surface area contributed by atoms with Crippen LogP contribution in [0.2, 0.25) is 0 Å². The van der Waals surface area contributed by atoms with E-state index in [1.54, 1.807) is 0 Å². The van der Waals surface area contributed by atoms with Crippen molar-refractivity contribution in [1.29, 1.82) is 0 Å². The monoisotopic (exact) mass is 95.1 g/mol. The van der Waals surface area contributed by atoms with Crippen LogP contribution in [0, 0.1) is 0 Å². The molecule has 0 unspecified atom stereocenters. The normalized spacial score (nSPS) is 18.3. The Balaban J connectivity index is 2.38. The molecule has 0 aromatic carbocycles. The summed E-state index contributed by atoms with van der Waals surface area (Å²) in [6, 6.07) is 0. The van der Waals surface area contributed by atoms with E-state index < -0.39 is 0 Å². The molecule has 0 radical (unpaired) electrons. The molecule has 0 aliphatic carbocycles. The van der Waals surface area contributed by atoms with Crippen molar-refractivity contribution in [2.24, 2.45) is 0 Å². The van der Waals surface area contributed by atoms with Crippen molar-refractivity contribution in [3.8, 4) is 0 Å². The first-order chi connectivity index (χ1) is 3.50. The first-order valence-corrected chi connectivity index (χ1v) is 2.56. The van der Waals surface area contributed by atoms with Crippen molar-refractivity contribution >= 4 is 0 Å². The average molecular weight is 95.1 g/mol. The van der Waals surface area contributed by atoms with Gasteiger partial charge >= 0.3 is 0 Å². The molecule has 7 heavy (non-hydrogen) atoms. The molecule has 0 amide bonds. The summed E-state index contributed by atoms with van der Waals surface area (Å²) in [7, 11) is 0. The summed E-state index contributed by atoms with van der Waals surface area (Å²) < 4.78 is 0. The fourth-order valence-electron chi connectivity index (χ4n) is 0.551. The van der Waals surface area contributed by atoms with Gasteiger partial charge in [0.2, 0.25) is 0 Å². The maximum absolute atomic E-state index is 2.99. The van der Waals surface area contributed by atoms with Gasteiger partial charge < -0.3 is 5.32 Å². The minimum Gasteiger partial charge on any atom is -0.368 e. The van der Waals surface area contributed by atoms with Gasteiger partial charge in [-0.15, -0.1) is 0 Å². The molecule has 0 bridgehead atoms. The lowest BCUT2D eigenvalue weighted by atomic mass is 10.3. The second-order valence-electron chi connectivity index (χ2n) is 1.55. The molecule has 38 valence electrons. The van der Waals surface area contributed by atoms with Gasteiger partial charge in [-0.25, -0.2) is 0 Å². The summed E-state index contributed by atoms with van der Waals surface area (Å²) in [6.07, 6.45) is 10.5. The van der Waals surface area contributed by atoms with E-state index in [1.807, 2.05) is 12.4 Å². The van der Waals surface area contributed by atoms with Gasteiger partial charge in [0.1, 0.15) is 0 Å². The summed E-state index contributed by atoms with van der Waals surface area (Å²) in [4.78, 5) is 0. The van der Waals surface area contributed by atoms with E-state index in [2.05, 4.69) is 17.5 Å². The molecule has 1 rings (SSSR count). The van der Waals surface area contributed by atoms with E-state index in [0.29, 0.717) is 0 Å². The first kappa shape index (κ1) is 4.44. The zero-order chi connectivity index (χ0) is 4.95. The summed E-state index contributed by atoms with van der Waals surface area (Å²) in [5, 5.41) is 2.99. The van der Waals surface area contributed by atoms with Crippen molar-refractivity contribution in [1.82, 2.24) is 5.32 Å². The molecule has 1 aliphatic rings. The van der Waals surface area contributed by atoms with Crippen LogP contribution in [0.25, 0.3) is 0 Å². The minimum absolute atomic E-state index is 1.17. The predicted molar refractivity (Wildman–Crippen MR) is 30.6 cm³/mol. The quantitative estimate of drug-likeness (QED) is 0.479. The van der Waals surface area contributed by atoms with Crippen molar-refractivity contribution in [2.75, 3.05) is 0 Å². The van der Waals surface area contributed by atoms with Crippen LogP contribution in [-0.4, -0.2) is 0 Å². The zero-order valence-corrected chi connectivity index (χ0v) is 4.22.